The van der Waals surface area contributed by atoms with Crippen LogP contribution in [-0.4, -0.2) is 46.7 Å². The molecule has 0 unspecified atom stereocenters. The minimum absolute atomic E-state index is 0.481. The van der Waals surface area contributed by atoms with E-state index in [0.29, 0.717) is 26.4 Å². The molecule has 0 bridgehead atoms. The van der Waals surface area contributed by atoms with E-state index in [2.05, 4.69) is 6.58 Å². The lowest BCUT2D eigenvalue weighted by Gasteiger charge is -2.06. The number of nitrogens with two attached hydrogens (primary N) is 1. The van der Waals surface area contributed by atoms with Gasteiger partial charge in [0, 0.05) is 26.9 Å². The molecule has 0 amide bonds. The molecule has 0 spiro atoms. The average Bonchev–Trinajstić information content (AvgIpc) is 2.21. The Hall–Kier alpha value is -0.420. The van der Waals surface area contributed by atoms with Gasteiger partial charge in [0.25, 0.3) is 0 Å². The normalized spacial score (nSPS) is 10.4. The van der Waals surface area contributed by atoms with Crippen LogP contribution in [0.5, 0.6) is 0 Å². The van der Waals surface area contributed by atoms with Gasteiger partial charge in [0.15, 0.2) is 0 Å². The monoisotopic (exact) mass is 203 g/mol. The van der Waals surface area contributed by atoms with E-state index in [0.717, 1.165) is 25.2 Å². The Bertz CT molecular complexity index is 139. The van der Waals surface area contributed by atoms with E-state index < -0.39 is 0 Å². The predicted octanol–water partition coefficient (Wildman–Crippen LogP) is 0.571. The number of ether oxygens (including phenoxy) is 3. The van der Waals surface area contributed by atoms with Crippen molar-refractivity contribution < 1.29 is 14.2 Å². The van der Waals surface area contributed by atoms with E-state index in [9.17, 15) is 0 Å². The van der Waals surface area contributed by atoms with Gasteiger partial charge in [-0.3, -0.25) is 0 Å². The molecule has 0 saturated heterocycles. The second-order valence-corrected chi connectivity index (χ2v) is 2.97. The molecule has 14 heavy (non-hydrogen) atoms. The molecule has 84 valence electrons. The highest BCUT2D eigenvalue weighted by molar-refractivity contribution is 4.95. The molecule has 0 radical (unpaired) electrons. The van der Waals surface area contributed by atoms with Gasteiger partial charge in [0.05, 0.1) is 19.8 Å². The van der Waals surface area contributed by atoms with Crippen LogP contribution in [0.4, 0.5) is 0 Å². The lowest BCUT2D eigenvalue weighted by Crippen LogP contribution is -2.11. The van der Waals surface area contributed by atoms with Gasteiger partial charge < -0.3 is 19.9 Å². The Morgan fingerprint density at radius 1 is 1.14 bits per heavy atom. The van der Waals surface area contributed by atoms with Gasteiger partial charge in [0.1, 0.15) is 0 Å². The van der Waals surface area contributed by atoms with Gasteiger partial charge in [-0.05, 0) is 12.0 Å². The highest BCUT2D eigenvalue weighted by atomic mass is 16.5. The van der Waals surface area contributed by atoms with Crippen molar-refractivity contribution in [1.29, 1.82) is 0 Å². The largest absolute Gasteiger partial charge is 0.385 e. The maximum atomic E-state index is 5.34. The third kappa shape index (κ3) is 9.67. The number of rotatable bonds is 10. The molecule has 4 nitrogen and oxygen atoms in total. The fourth-order valence-corrected chi connectivity index (χ4v) is 0.801. The van der Waals surface area contributed by atoms with E-state index in [1.807, 2.05) is 0 Å². The van der Waals surface area contributed by atoms with Crippen molar-refractivity contribution in [3.63, 3.8) is 0 Å². The smallest absolute Gasteiger partial charge is 0.0704 e. The van der Waals surface area contributed by atoms with Gasteiger partial charge in [-0.25, -0.2) is 0 Å². The summed E-state index contributed by atoms with van der Waals surface area (Å²) in [6, 6.07) is 0. The van der Waals surface area contributed by atoms with Crippen LogP contribution < -0.4 is 5.73 Å². The van der Waals surface area contributed by atoms with E-state index in [1.165, 1.54) is 0 Å². The SMILES string of the molecule is C=C(CN)COCCOCCCOC. The van der Waals surface area contributed by atoms with Crippen LogP contribution in [0.2, 0.25) is 0 Å². The van der Waals surface area contributed by atoms with Gasteiger partial charge in [0.2, 0.25) is 0 Å². The Labute approximate surface area is 86.0 Å². The molecule has 0 rings (SSSR count). The molecular weight excluding hydrogens is 182 g/mol. The van der Waals surface area contributed by atoms with Crippen LogP contribution >= 0.6 is 0 Å². The highest BCUT2D eigenvalue weighted by Crippen LogP contribution is 1.89. The summed E-state index contributed by atoms with van der Waals surface area (Å²) in [7, 11) is 1.68. The van der Waals surface area contributed by atoms with Crippen LogP contribution in [0.25, 0.3) is 0 Å². The van der Waals surface area contributed by atoms with Crippen LogP contribution in [0.15, 0.2) is 12.2 Å². The average molecular weight is 203 g/mol. The Balaban J connectivity index is 2.95. The Morgan fingerprint density at radius 2 is 1.86 bits per heavy atom. The topological polar surface area (TPSA) is 53.7 Å². The zero-order valence-electron chi connectivity index (χ0n) is 8.96. The summed E-state index contributed by atoms with van der Waals surface area (Å²) in [6.07, 6.45) is 0.923. The zero-order valence-corrected chi connectivity index (χ0v) is 8.96. The maximum Gasteiger partial charge on any atom is 0.0704 e. The van der Waals surface area contributed by atoms with Crippen molar-refractivity contribution in [3.05, 3.63) is 12.2 Å². The second kappa shape index (κ2) is 10.7. The summed E-state index contributed by atoms with van der Waals surface area (Å²) in [6.45, 7) is 7.39. The van der Waals surface area contributed by atoms with Gasteiger partial charge in [-0.15, -0.1) is 0 Å². The quantitative estimate of drug-likeness (QED) is 0.416. The van der Waals surface area contributed by atoms with Crippen molar-refractivity contribution in [2.75, 3.05) is 46.7 Å². The van der Waals surface area contributed by atoms with E-state index >= 15 is 0 Å². The molecule has 0 fully saturated rings. The first-order valence-corrected chi connectivity index (χ1v) is 4.82. The molecule has 0 aliphatic carbocycles. The van der Waals surface area contributed by atoms with Gasteiger partial charge in [-0.1, -0.05) is 6.58 Å². The number of methoxy groups -OCH3 is 1. The van der Waals surface area contributed by atoms with Crippen molar-refractivity contribution in [2.45, 2.75) is 6.42 Å². The van der Waals surface area contributed by atoms with Gasteiger partial charge >= 0.3 is 0 Å². The first-order chi connectivity index (χ1) is 6.81. The second-order valence-electron chi connectivity index (χ2n) is 2.97. The van der Waals surface area contributed by atoms with Crippen molar-refractivity contribution in [2.24, 2.45) is 5.73 Å². The fourth-order valence-electron chi connectivity index (χ4n) is 0.801. The van der Waals surface area contributed by atoms with Crippen molar-refractivity contribution in [1.82, 2.24) is 0 Å². The lowest BCUT2D eigenvalue weighted by atomic mass is 10.3. The Morgan fingerprint density at radius 3 is 2.50 bits per heavy atom. The molecule has 0 aliphatic rings. The number of hydrogen-bond donors (Lipinski definition) is 1. The summed E-state index contributed by atoms with van der Waals surface area (Å²) >= 11 is 0. The van der Waals surface area contributed by atoms with E-state index in [-0.39, 0.29) is 0 Å². The Kier molecular flexibility index (Phi) is 10.3. The molecule has 0 aromatic carbocycles. The molecule has 2 N–H and O–H groups in total. The van der Waals surface area contributed by atoms with Crippen LogP contribution in [0, 0.1) is 0 Å². The first kappa shape index (κ1) is 13.6. The maximum absolute atomic E-state index is 5.34. The first-order valence-electron chi connectivity index (χ1n) is 4.82. The van der Waals surface area contributed by atoms with E-state index in [4.69, 9.17) is 19.9 Å². The molecular formula is C10H21NO3. The van der Waals surface area contributed by atoms with Crippen molar-refractivity contribution >= 4 is 0 Å². The molecule has 0 atom stereocenters. The molecule has 0 aromatic rings. The summed E-state index contributed by atoms with van der Waals surface area (Å²) in [5.74, 6) is 0. The van der Waals surface area contributed by atoms with Crippen LogP contribution in [0.3, 0.4) is 0 Å². The molecule has 0 saturated carbocycles. The van der Waals surface area contributed by atoms with Crippen LogP contribution in [0.1, 0.15) is 6.42 Å². The molecule has 0 aromatic heterocycles. The third-order valence-electron chi connectivity index (χ3n) is 1.60. The summed E-state index contributed by atoms with van der Waals surface area (Å²) < 4.78 is 15.4. The zero-order chi connectivity index (χ0) is 10.6. The highest BCUT2D eigenvalue weighted by Gasteiger charge is 1.92. The minimum Gasteiger partial charge on any atom is -0.385 e. The molecule has 4 heteroatoms. The predicted molar refractivity (Wildman–Crippen MR) is 56.3 cm³/mol. The molecule has 0 aliphatic heterocycles. The summed E-state index contributed by atoms with van der Waals surface area (Å²) in [4.78, 5) is 0. The fraction of sp³-hybridized carbons (Fsp3) is 0.800. The third-order valence-corrected chi connectivity index (χ3v) is 1.60. The van der Waals surface area contributed by atoms with Gasteiger partial charge in [-0.2, -0.15) is 0 Å². The standard InChI is InChI=1S/C10H21NO3/c1-10(8-11)9-14-7-6-13-5-3-4-12-2/h1,3-9,11H2,2H3. The van der Waals surface area contributed by atoms with Crippen molar-refractivity contribution in [3.8, 4) is 0 Å². The minimum atomic E-state index is 0.481. The number of hydrogen-bond acceptors (Lipinski definition) is 4. The van der Waals surface area contributed by atoms with Crippen LogP contribution in [-0.2, 0) is 14.2 Å². The summed E-state index contributed by atoms with van der Waals surface area (Å²) in [5.41, 5.74) is 6.25. The van der Waals surface area contributed by atoms with E-state index in [1.54, 1.807) is 7.11 Å². The summed E-state index contributed by atoms with van der Waals surface area (Å²) in [5, 5.41) is 0. The molecule has 0 heterocycles. The lowest BCUT2D eigenvalue weighted by molar-refractivity contribution is 0.0469.